The molecule has 0 bridgehead atoms. The lowest BCUT2D eigenvalue weighted by atomic mass is 10.1. The number of amides is 1. The summed E-state index contributed by atoms with van der Waals surface area (Å²) in [6, 6.07) is 3.28. The fourth-order valence-corrected chi connectivity index (χ4v) is 1.13. The molecule has 0 saturated heterocycles. The number of anilines is 1. The zero-order chi connectivity index (χ0) is 13.9. The summed E-state index contributed by atoms with van der Waals surface area (Å²) in [5.74, 6) is -3.59. The average Bonchev–Trinajstić information content (AvgIpc) is 2.27. The highest BCUT2D eigenvalue weighted by atomic mass is 19.4. The van der Waals surface area contributed by atoms with Gasteiger partial charge in [-0.05, 0) is 12.1 Å². The van der Waals surface area contributed by atoms with Gasteiger partial charge >= 0.3 is 18.1 Å². The largest absolute Gasteiger partial charge is 0.497 e. The molecule has 0 spiro atoms. The molecule has 5 nitrogen and oxygen atoms in total. The van der Waals surface area contributed by atoms with E-state index in [2.05, 4.69) is 0 Å². The third-order valence-electron chi connectivity index (χ3n) is 1.96. The van der Waals surface area contributed by atoms with Crippen LogP contribution in [0.3, 0.4) is 0 Å². The molecule has 0 aromatic heterocycles. The SMILES string of the molecule is COc1ccc(C(=O)O)c(NC(=O)C(F)(F)F)c1. The highest BCUT2D eigenvalue weighted by Crippen LogP contribution is 2.25. The van der Waals surface area contributed by atoms with E-state index in [0.29, 0.717) is 0 Å². The molecule has 8 heteroatoms. The van der Waals surface area contributed by atoms with Gasteiger partial charge in [0.05, 0.1) is 18.4 Å². The number of nitrogens with one attached hydrogen (secondary N) is 1. The monoisotopic (exact) mass is 263 g/mol. The van der Waals surface area contributed by atoms with Crippen molar-refractivity contribution in [3.8, 4) is 5.75 Å². The molecule has 2 N–H and O–H groups in total. The maximum absolute atomic E-state index is 12.1. The number of carbonyl (C=O) groups excluding carboxylic acids is 1. The van der Waals surface area contributed by atoms with Gasteiger partial charge in [0.15, 0.2) is 0 Å². The van der Waals surface area contributed by atoms with Gasteiger partial charge in [-0.15, -0.1) is 0 Å². The highest BCUT2D eigenvalue weighted by Gasteiger charge is 2.39. The minimum absolute atomic E-state index is 0.123. The Bertz CT molecular complexity index is 485. The summed E-state index contributed by atoms with van der Waals surface area (Å²) in [6.45, 7) is 0. The number of hydrogen-bond donors (Lipinski definition) is 2. The first-order valence-corrected chi connectivity index (χ1v) is 4.55. The smallest absolute Gasteiger partial charge is 0.471 e. The summed E-state index contributed by atoms with van der Waals surface area (Å²) in [6.07, 6.45) is -5.10. The third-order valence-corrected chi connectivity index (χ3v) is 1.96. The van der Waals surface area contributed by atoms with Gasteiger partial charge in [0, 0.05) is 6.07 Å². The van der Waals surface area contributed by atoms with Crippen LogP contribution in [0.4, 0.5) is 18.9 Å². The van der Waals surface area contributed by atoms with E-state index in [-0.39, 0.29) is 5.75 Å². The topological polar surface area (TPSA) is 75.6 Å². The molecular formula is C10H8F3NO4. The number of hydrogen-bond acceptors (Lipinski definition) is 3. The number of aromatic carboxylic acids is 1. The van der Waals surface area contributed by atoms with Crippen molar-refractivity contribution in [1.29, 1.82) is 0 Å². The summed E-state index contributed by atoms with van der Waals surface area (Å²) in [7, 11) is 1.26. The van der Waals surface area contributed by atoms with E-state index in [1.807, 2.05) is 0 Å². The van der Waals surface area contributed by atoms with Crippen LogP contribution in [0.5, 0.6) is 5.75 Å². The molecule has 0 heterocycles. The number of rotatable bonds is 3. The Hall–Kier alpha value is -2.25. The third kappa shape index (κ3) is 3.12. The van der Waals surface area contributed by atoms with Gasteiger partial charge in [0.1, 0.15) is 5.75 Å². The zero-order valence-electron chi connectivity index (χ0n) is 9.04. The molecule has 98 valence electrons. The average molecular weight is 263 g/mol. The van der Waals surface area contributed by atoms with Crippen LogP contribution in [0, 0.1) is 0 Å². The number of carboxylic acid groups (broad SMARTS) is 1. The lowest BCUT2D eigenvalue weighted by Crippen LogP contribution is -2.30. The van der Waals surface area contributed by atoms with E-state index in [0.717, 1.165) is 12.1 Å². The minimum atomic E-state index is -5.10. The molecule has 0 atom stereocenters. The minimum Gasteiger partial charge on any atom is -0.497 e. The van der Waals surface area contributed by atoms with Crippen LogP contribution in [-0.2, 0) is 4.79 Å². The van der Waals surface area contributed by atoms with Crippen LogP contribution in [0.1, 0.15) is 10.4 Å². The quantitative estimate of drug-likeness (QED) is 0.873. The van der Waals surface area contributed by atoms with Crippen molar-refractivity contribution in [1.82, 2.24) is 0 Å². The number of methoxy groups -OCH3 is 1. The maximum atomic E-state index is 12.1. The fraction of sp³-hybridized carbons (Fsp3) is 0.200. The Balaban J connectivity index is 3.12. The van der Waals surface area contributed by atoms with E-state index in [1.165, 1.54) is 18.5 Å². The van der Waals surface area contributed by atoms with Crippen LogP contribution in [0.2, 0.25) is 0 Å². The summed E-state index contributed by atoms with van der Waals surface area (Å²) in [5, 5.41) is 10.3. The molecule has 1 aromatic rings. The molecule has 18 heavy (non-hydrogen) atoms. The van der Waals surface area contributed by atoms with Gasteiger partial charge < -0.3 is 15.2 Å². The van der Waals surface area contributed by atoms with Crippen molar-refractivity contribution >= 4 is 17.6 Å². The van der Waals surface area contributed by atoms with Crippen molar-refractivity contribution in [2.75, 3.05) is 12.4 Å². The Labute approximate surface area is 99.2 Å². The maximum Gasteiger partial charge on any atom is 0.471 e. The van der Waals surface area contributed by atoms with Gasteiger partial charge in [0.2, 0.25) is 0 Å². The number of ether oxygens (including phenoxy) is 1. The highest BCUT2D eigenvalue weighted by molar-refractivity contribution is 6.02. The lowest BCUT2D eigenvalue weighted by molar-refractivity contribution is -0.167. The molecule has 0 saturated carbocycles. The van der Waals surface area contributed by atoms with E-state index in [4.69, 9.17) is 9.84 Å². The van der Waals surface area contributed by atoms with E-state index in [9.17, 15) is 22.8 Å². The second-order valence-electron chi connectivity index (χ2n) is 3.17. The molecular weight excluding hydrogens is 255 g/mol. The molecule has 0 aliphatic heterocycles. The fourth-order valence-electron chi connectivity index (χ4n) is 1.13. The number of alkyl halides is 3. The van der Waals surface area contributed by atoms with E-state index < -0.39 is 29.3 Å². The second kappa shape index (κ2) is 4.94. The van der Waals surface area contributed by atoms with Crippen LogP contribution >= 0.6 is 0 Å². The molecule has 0 unspecified atom stereocenters. The standard InChI is InChI=1S/C10H8F3NO4/c1-18-5-2-3-6(8(15)16)7(4-5)14-9(17)10(11,12)13/h2-4H,1H3,(H,14,17)(H,15,16). The number of carbonyl (C=O) groups is 2. The molecule has 0 aliphatic rings. The van der Waals surface area contributed by atoms with Crippen LogP contribution < -0.4 is 10.1 Å². The normalized spacial score (nSPS) is 10.9. The first-order chi connectivity index (χ1) is 8.25. The Morgan fingerprint density at radius 1 is 1.33 bits per heavy atom. The van der Waals surface area contributed by atoms with Gasteiger partial charge in [0.25, 0.3) is 0 Å². The predicted molar refractivity (Wildman–Crippen MR) is 54.6 cm³/mol. The predicted octanol–water partition coefficient (Wildman–Crippen LogP) is 1.89. The number of carboxylic acids is 1. The summed E-state index contributed by atoms with van der Waals surface area (Å²) in [5.41, 5.74) is -0.947. The number of halogens is 3. The Morgan fingerprint density at radius 2 is 1.94 bits per heavy atom. The first-order valence-electron chi connectivity index (χ1n) is 4.55. The van der Waals surface area contributed by atoms with E-state index in [1.54, 1.807) is 0 Å². The van der Waals surface area contributed by atoms with Crippen LogP contribution in [-0.4, -0.2) is 30.3 Å². The van der Waals surface area contributed by atoms with Crippen molar-refractivity contribution < 1.29 is 32.6 Å². The molecule has 0 fully saturated rings. The Morgan fingerprint density at radius 3 is 2.39 bits per heavy atom. The van der Waals surface area contributed by atoms with Crippen molar-refractivity contribution in [3.05, 3.63) is 23.8 Å². The van der Waals surface area contributed by atoms with Gasteiger partial charge in [-0.3, -0.25) is 4.79 Å². The molecule has 1 aromatic carbocycles. The lowest BCUT2D eigenvalue weighted by Gasteiger charge is -2.11. The van der Waals surface area contributed by atoms with Gasteiger partial charge in [-0.1, -0.05) is 0 Å². The summed E-state index contributed by atoms with van der Waals surface area (Å²) in [4.78, 5) is 21.5. The van der Waals surface area contributed by atoms with Crippen molar-refractivity contribution in [2.45, 2.75) is 6.18 Å². The molecule has 0 radical (unpaired) electrons. The summed E-state index contributed by atoms with van der Waals surface area (Å²) < 4.78 is 40.9. The first kappa shape index (κ1) is 13.8. The molecule has 0 aliphatic carbocycles. The molecule has 1 amide bonds. The zero-order valence-corrected chi connectivity index (χ0v) is 9.04. The Kier molecular flexibility index (Phi) is 3.79. The molecule has 1 rings (SSSR count). The summed E-state index contributed by atoms with van der Waals surface area (Å²) >= 11 is 0. The van der Waals surface area contributed by atoms with Crippen LogP contribution in [0.15, 0.2) is 18.2 Å². The van der Waals surface area contributed by atoms with Gasteiger partial charge in [-0.25, -0.2) is 4.79 Å². The van der Waals surface area contributed by atoms with Crippen molar-refractivity contribution in [3.63, 3.8) is 0 Å². The van der Waals surface area contributed by atoms with Crippen LogP contribution in [0.25, 0.3) is 0 Å². The van der Waals surface area contributed by atoms with Crippen molar-refractivity contribution in [2.24, 2.45) is 0 Å². The van der Waals surface area contributed by atoms with E-state index >= 15 is 0 Å². The number of benzene rings is 1. The second-order valence-corrected chi connectivity index (χ2v) is 3.17. The van der Waals surface area contributed by atoms with Gasteiger partial charge in [-0.2, -0.15) is 13.2 Å².